The van der Waals surface area contributed by atoms with Crippen molar-refractivity contribution in [1.82, 2.24) is 18.6 Å². The Kier molecular flexibility index (Phi) is 12.6. The first-order valence-corrected chi connectivity index (χ1v) is 16.9. The maximum absolute atomic E-state index is 12.7. The van der Waals surface area contributed by atoms with Gasteiger partial charge in [0.2, 0.25) is 20.0 Å². The highest BCUT2D eigenvalue weighted by atomic mass is 79.9. The Morgan fingerprint density at radius 3 is 1.15 bits per heavy atom. The zero-order chi connectivity index (χ0) is 27.5. The standard InChI is InChI=1S/C26H30N4O4S4.2BrH/c1-5-29(6-2)37(31,32)21-13-9-19(10-14-21)23-17-35-25(27-23)26-28-24(18-36-26)20-11-15-22(16-12-20)38(33,34)30(7-3)8-4;;/h9-18H,5-8H2,1-4H3;2*1H. The predicted octanol–water partition coefficient (Wildman–Crippen LogP) is 6.82. The number of rotatable bonds is 11. The summed E-state index contributed by atoms with van der Waals surface area (Å²) in [6, 6.07) is 13.6. The summed E-state index contributed by atoms with van der Waals surface area (Å²) in [4.78, 5) is 9.98. The maximum atomic E-state index is 12.7. The quantitative estimate of drug-likeness (QED) is 0.167. The SMILES string of the molecule is Br.Br.CCN(CC)S(=O)(=O)c1ccc(-c2csc(-c3nc(-c4ccc(S(=O)(=O)N(CC)CC)cc4)cs3)n2)cc1. The lowest BCUT2D eigenvalue weighted by molar-refractivity contribution is 0.444. The molecule has 0 aliphatic rings. The van der Waals surface area contributed by atoms with Gasteiger partial charge in [-0.2, -0.15) is 8.61 Å². The fourth-order valence-corrected chi connectivity index (χ4v) is 8.65. The molecule has 0 amide bonds. The highest BCUT2D eigenvalue weighted by molar-refractivity contribution is 8.93. The van der Waals surface area contributed by atoms with Crippen LogP contribution in [0.3, 0.4) is 0 Å². The molecule has 0 aliphatic carbocycles. The van der Waals surface area contributed by atoms with Crippen LogP contribution in [0.15, 0.2) is 69.1 Å². The van der Waals surface area contributed by atoms with Crippen LogP contribution in [0.5, 0.6) is 0 Å². The van der Waals surface area contributed by atoms with Crippen LogP contribution in [0.4, 0.5) is 0 Å². The molecule has 0 unspecified atom stereocenters. The van der Waals surface area contributed by atoms with E-state index in [0.29, 0.717) is 26.2 Å². The van der Waals surface area contributed by atoms with E-state index in [9.17, 15) is 16.8 Å². The number of halogens is 2. The minimum atomic E-state index is -3.51. The molecule has 0 spiro atoms. The number of aromatic nitrogens is 2. The summed E-state index contributed by atoms with van der Waals surface area (Å²) in [7, 11) is -7.02. The van der Waals surface area contributed by atoms with Gasteiger partial charge < -0.3 is 0 Å². The summed E-state index contributed by atoms with van der Waals surface area (Å²) < 4.78 is 53.9. The number of benzene rings is 2. The van der Waals surface area contributed by atoms with Gasteiger partial charge in [-0.25, -0.2) is 26.8 Å². The normalized spacial score (nSPS) is 11.8. The molecule has 4 aromatic rings. The van der Waals surface area contributed by atoms with E-state index in [1.54, 1.807) is 48.5 Å². The van der Waals surface area contributed by atoms with Crippen molar-refractivity contribution in [2.75, 3.05) is 26.2 Å². The van der Waals surface area contributed by atoms with E-state index >= 15 is 0 Å². The van der Waals surface area contributed by atoms with Crippen molar-refractivity contribution in [1.29, 1.82) is 0 Å². The molecule has 2 heterocycles. The first-order valence-electron chi connectivity index (χ1n) is 12.3. The Hall–Kier alpha value is -1.52. The second-order valence-electron chi connectivity index (χ2n) is 8.30. The molecule has 0 saturated carbocycles. The second-order valence-corrected chi connectivity index (χ2v) is 13.9. The summed E-state index contributed by atoms with van der Waals surface area (Å²) in [5.74, 6) is 0. The van der Waals surface area contributed by atoms with Gasteiger partial charge in [0.25, 0.3) is 0 Å². The van der Waals surface area contributed by atoms with Gasteiger partial charge in [0.1, 0.15) is 0 Å². The number of hydrogen-bond donors (Lipinski definition) is 0. The summed E-state index contributed by atoms with van der Waals surface area (Å²) in [6.07, 6.45) is 0. The Labute approximate surface area is 265 Å². The number of thiazole rings is 2. The van der Waals surface area contributed by atoms with Gasteiger partial charge >= 0.3 is 0 Å². The van der Waals surface area contributed by atoms with Crippen LogP contribution in [0.1, 0.15) is 27.7 Å². The summed E-state index contributed by atoms with van der Waals surface area (Å²) in [5.41, 5.74) is 3.15. The fourth-order valence-electron chi connectivity index (χ4n) is 4.03. The average Bonchev–Trinajstić information content (AvgIpc) is 3.60. The van der Waals surface area contributed by atoms with E-state index in [1.165, 1.54) is 31.3 Å². The van der Waals surface area contributed by atoms with Gasteiger partial charge in [0.05, 0.1) is 21.2 Å². The van der Waals surface area contributed by atoms with E-state index in [4.69, 9.17) is 9.97 Å². The number of sulfonamides is 2. The second kappa shape index (κ2) is 14.6. The first kappa shape index (κ1) is 34.7. The smallest absolute Gasteiger partial charge is 0.233 e. The molecule has 0 fully saturated rings. The van der Waals surface area contributed by atoms with E-state index in [-0.39, 0.29) is 43.8 Å². The highest BCUT2D eigenvalue weighted by Crippen LogP contribution is 2.34. The van der Waals surface area contributed by atoms with Gasteiger partial charge in [0, 0.05) is 48.1 Å². The molecule has 4 rings (SSSR count). The molecule has 2 aromatic carbocycles. The Morgan fingerprint density at radius 2 is 0.875 bits per heavy atom. The van der Waals surface area contributed by atoms with E-state index in [2.05, 4.69) is 0 Å². The Bertz CT molecular complexity index is 1480. The molecule has 218 valence electrons. The van der Waals surface area contributed by atoms with Crippen molar-refractivity contribution in [3.63, 3.8) is 0 Å². The lowest BCUT2D eigenvalue weighted by Gasteiger charge is -2.18. The third kappa shape index (κ3) is 7.09. The zero-order valence-corrected chi connectivity index (χ0v) is 29.2. The van der Waals surface area contributed by atoms with Crippen molar-refractivity contribution < 1.29 is 16.8 Å². The Balaban J connectivity index is 0.00000280. The van der Waals surface area contributed by atoms with Crippen molar-refractivity contribution in [2.24, 2.45) is 0 Å². The van der Waals surface area contributed by atoms with E-state index in [1.807, 2.05) is 38.5 Å². The molecule has 8 nitrogen and oxygen atoms in total. The Morgan fingerprint density at radius 1 is 0.575 bits per heavy atom. The van der Waals surface area contributed by atoms with Crippen LogP contribution in [0, 0.1) is 0 Å². The minimum absolute atomic E-state index is 0. The summed E-state index contributed by atoms with van der Waals surface area (Å²) in [6.45, 7) is 8.98. The molecule has 2 aromatic heterocycles. The van der Waals surface area contributed by atoms with Crippen LogP contribution >= 0.6 is 56.6 Å². The van der Waals surface area contributed by atoms with Gasteiger partial charge in [-0.05, 0) is 24.3 Å². The van der Waals surface area contributed by atoms with Crippen LogP contribution in [0.25, 0.3) is 32.5 Å². The lowest BCUT2D eigenvalue weighted by Crippen LogP contribution is -2.30. The van der Waals surface area contributed by atoms with Crippen molar-refractivity contribution in [2.45, 2.75) is 37.5 Å². The predicted molar refractivity (Wildman–Crippen MR) is 175 cm³/mol. The third-order valence-corrected chi connectivity index (χ3v) is 12.1. The summed E-state index contributed by atoms with van der Waals surface area (Å²) in [5, 5.41) is 5.38. The van der Waals surface area contributed by atoms with Crippen LogP contribution in [-0.4, -0.2) is 61.6 Å². The third-order valence-electron chi connectivity index (χ3n) is 6.18. The number of hydrogen-bond acceptors (Lipinski definition) is 8. The van der Waals surface area contributed by atoms with Gasteiger partial charge in [-0.3, -0.25) is 0 Å². The van der Waals surface area contributed by atoms with Gasteiger partial charge in [0.15, 0.2) is 10.0 Å². The molecule has 0 N–H and O–H groups in total. The average molecular weight is 753 g/mol. The van der Waals surface area contributed by atoms with Crippen molar-refractivity contribution in [3.8, 4) is 32.5 Å². The maximum Gasteiger partial charge on any atom is 0.243 e. The van der Waals surface area contributed by atoms with Crippen molar-refractivity contribution in [3.05, 3.63) is 59.3 Å². The first-order chi connectivity index (χ1) is 18.1. The van der Waals surface area contributed by atoms with Gasteiger partial charge in [-0.1, -0.05) is 52.0 Å². The van der Waals surface area contributed by atoms with Crippen LogP contribution < -0.4 is 0 Å². The van der Waals surface area contributed by atoms with Crippen LogP contribution in [0.2, 0.25) is 0 Å². The van der Waals surface area contributed by atoms with E-state index in [0.717, 1.165) is 32.5 Å². The molecular weight excluding hydrogens is 720 g/mol. The lowest BCUT2D eigenvalue weighted by atomic mass is 10.2. The molecular formula is C26H32Br2N4O4S4. The molecule has 40 heavy (non-hydrogen) atoms. The molecule has 14 heteroatoms. The topological polar surface area (TPSA) is 101 Å². The fraction of sp³-hybridized carbons (Fsp3) is 0.308. The molecule has 0 bridgehead atoms. The molecule has 0 radical (unpaired) electrons. The monoisotopic (exact) mass is 750 g/mol. The molecule has 0 atom stereocenters. The van der Waals surface area contributed by atoms with Crippen LogP contribution in [-0.2, 0) is 20.0 Å². The summed E-state index contributed by atoms with van der Waals surface area (Å²) >= 11 is 2.93. The zero-order valence-electron chi connectivity index (χ0n) is 22.5. The van der Waals surface area contributed by atoms with E-state index < -0.39 is 20.0 Å². The van der Waals surface area contributed by atoms with Gasteiger partial charge in [-0.15, -0.1) is 56.6 Å². The molecule has 0 aliphatic heterocycles. The molecule has 0 saturated heterocycles. The number of nitrogens with zero attached hydrogens (tertiary/aromatic N) is 4. The highest BCUT2D eigenvalue weighted by Gasteiger charge is 2.23. The largest absolute Gasteiger partial charge is 0.243 e. The van der Waals surface area contributed by atoms with Crippen molar-refractivity contribution >= 4 is 76.7 Å². The minimum Gasteiger partial charge on any atom is -0.233 e.